The topological polar surface area (TPSA) is 83.6 Å². The number of ether oxygens (including phenoxy) is 1. The van der Waals surface area contributed by atoms with Crippen molar-refractivity contribution in [1.29, 1.82) is 0 Å². The lowest BCUT2D eigenvalue weighted by Gasteiger charge is -2.34. The zero-order valence-corrected chi connectivity index (χ0v) is 19.8. The Hall–Kier alpha value is -2.00. The lowest BCUT2D eigenvalue weighted by Crippen LogP contribution is -2.47. The molecular weight excluding hydrogens is 436 g/mol. The van der Waals surface area contributed by atoms with Gasteiger partial charge in [-0.25, -0.2) is 4.98 Å². The number of morpholine rings is 1. The molecule has 1 aliphatic rings. The summed E-state index contributed by atoms with van der Waals surface area (Å²) in [4.78, 5) is 32.3. The van der Waals surface area contributed by atoms with Crippen molar-refractivity contribution < 1.29 is 14.3 Å². The third kappa shape index (κ3) is 6.74. The van der Waals surface area contributed by atoms with Crippen molar-refractivity contribution in [2.45, 2.75) is 52.5 Å². The Morgan fingerprint density at radius 1 is 1.23 bits per heavy atom. The van der Waals surface area contributed by atoms with Crippen molar-refractivity contribution in [3.8, 4) is 0 Å². The molecule has 1 saturated heterocycles. The summed E-state index contributed by atoms with van der Waals surface area (Å²) in [6, 6.07) is 5.87. The molecule has 2 N–H and O–H groups in total. The number of carbonyl (C=O) groups excluding carboxylic acids is 2. The summed E-state index contributed by atoms with van der Waals surface area (Å²) in [5.74, 6) is -0.695. The van der Waals surface area contributed by atoms with Gasteiger partial charge in [0.2, 0.25) is 5.91 Å². The predicted molar refractivity (Wildman–Crippen MR) is 124 cm³/mol. The lowest BCUT2D eigenvalue weighted by atomic mass is 10.0. The number of nitrogens with one attached hydrogen (secondary N) is 2. The van der Waals surface area contributed by atoms with Crippen molar-refractivity contribution in [2.75, 3.05) is 18.4 Å². The van der Waals surface area contributed by atoms with Crippen LogP contribution < -0.4 is 10.6 Å². The monoisotopic (exact) mass is 464 g/mol. The summed E-state index contributed by atoms with van der Waals surface area (Å²) in [6.45, 7) is 10.3. The molecule has 2 amide bonds. The minimum absolute atomic E-state index is 0.0907. The SMILES string of the molecule is CC(C)[C@H](NC(=O)c1ccc(Cl)cc1)C(=O)Nc1nc(CN2C[C@@H](C)O[C@@H](C)C2)cs1. The van der Waals surface area contributed by atoms with E-state index in [1.165, 1.54) is 11.3 Å². The molecule has 2 aromatic rings. The number of benzene rings is 1. The molecule has 9 heteroatoms. The highest BCUT2D eigenvalue weighted by Crippen LogP contribution is 2.20. The molecule has 3 atom stereocenters. The van der Waals surface area contributed by atoms with Gasteiger partial charge in [0.05, 0.1) is 17.9 Å². The van der Waals surface area contributed by atoms with Gasteiger partial charge in [-0.3, -0.25) is 14.5 Å². The summed E-state index contributed by atoms with van der Waals surface area (Å²) >= 11 is 7.27. The second kappa shape index (κ2) is 10.5. The number of nitrogens with zero attached hydrogens (tertiary/aromatic N) is 2. The third-order valence-electron chi connectivity index (χ3n) is 5.00. The van der Waals surface area contributed by atoms with Crippen LogP contribution in [0.2, 0.25) is 5.02 Å². The van der Waals surface area contributed by atoms with Gasteiger partial charge in [0, 0.05) is 35.6 Å². The number of thiazole rings is 1. The molecule has 2 heterocycles. The van der Waals surface area contributed by atoms with Crippen molar-refractivity contribution in [3.05, 3.63) is 45.9 Å². The standard InChI is InChI=1S/C22H29ClN4O3S/c1-13(2)19(25-20(28)16-5-7-17(23)8-6-16)21(29)26-22-24-18(12-31-22)11-27-9-14(3)30-15(4)10-27/h5-8,12-15,19H,9-11H2,1-4H3,(H,25,28)(H,24,26,29)/t14-,15+,19-/m0/s1. The van der Waals surface area contributed by atoms with E-state index in [-0.39, 0.29) is 29.9 Å². The first-order valence-corrected chi connectivity index (χ1v) is 11.7. The maximum Gasteiger partial charge on any atom is 0.251 e. The van der Waals surface area contributed by atoms with Crippen LogP contribution in [0.1, 0.15) is 43.7 Å². The van der Waals surface area contributed by atoms with E-state index < -0.39 is 6.04 Å². The van der Waals surface area contributed by atoms with E-state index >= 15 is 0 Å². The number of halogens is 1. The molecule has 1 aromatic carbocycles. The summed E-state index contributed by atoms with van der Waals surface area (Å²) in [5, 5.41) is 8.70. The predicted octanol–water partition coefficient (Wildman–Crippen LogP) is 3.80. The van der Waals surface area contributed by atoms with E-state index in [9.17, 15) is 9.59 Å². The van der Waals surface area contributed by atoms with Crippen LogP contribution in [0, 0.1) is 5.92 Å². The van der Waals surface area contributed by atoms with Gasteiger partial charge >= 0.3 is 0 Å². The van der Waals surface area contributed by atoms with Crippen LogP contribution in [-0.4, -0.2) is 53.0 Å². The van der Waals surface area contributed by atoms with E-state index in [4.69, 9.17) is 16.3 Å². The molecule has 0 aliphatic carbocycles. The van der Waals surface area contributed by atoms with Gasteiger partial charge in [0.1, 0.15) is 6.04 Å². The van der Waals surface area contributed by atoms with Crippen LogP contribution in [0.3, 0.4) is 0 Å². The number of rotatable bonds is 7. The highest BCUT2D eigenvalue weighted by molar-refractivity contribution is 7.13. The largest absolute Gasteiger partial charge is 0.373 e. The van der Waals surface area contributed by atoms with Crippen molar-refractivity contribution in [3.63, 3.8) is 0 Å². The second-order valence-electron chi connectivity index (χ2n) is 8.29. The highest BCUT2D eigenvalue weighted by Gasteiger charge is 2.26. The van der Waals surface area contributed by atoms with Gasteiger partial charge in [0.15, 0.2) is 5.13 Å². The fraction of sp³-hybridized carbons (Fsp3) is 0.500. The van der Waals surface area contributed by atoms with Crippen molar-refractivity contribution in [1.82, 2.24) is 15.2 Å². The van der Waals surface area contributed by atoms with Gasteiger partial charge in [-0.2, -0.15) is 0 Å². The van der Waals surface area contributed by atoms with E-state index in [0.717, 1.165) is 18.8 Å². The second-order valence-corrected chi connectivity index (χ2v) is 9.58. The smallest absolute Gasteiger partial charge is 0.251 e. The molecule has 0 spiro atoms. The minimum atomic E-state index is -0.684. The van der Waals surface area contributed by atoms with Crippen LogP contribution in [0.25, 0.3) is 0 Å². The van der Waals surface area contributed by atoms with Crippen LogP contribution in [-0.2, 0) is 16.1 Å². The number of anilines is 1. The van der Waals surface area contributed by atoms with Gasteiger partial charge in [-0.15, -0.1) is 11.3 Å². The van der Waals surface area contributed by atoms with Crippen molar-refractivity contribution in [2.24, 2.45) is 5.92 Å². The maximum atomic E-state index is 12.9. The van der Waals surface area contributed by atoms with Crippen LogP contribution in [0.4, 0.5) is 5.13 Å². The maximum absolute atomic E-state index is 12.9. The first kappa shape index (κ1) is 23.7. The molecule has 1 aromatic heterocycles. The van der Waals surface area contributed by atoms with Crippen molar-refractivity contribution >= 4 is 39.9 Å². The normalized spacial score (nSPS) is 20.5. The number of carbonyl (C=O) groups is 2. The number of aromatic nitrogens is 1. The van der Waals surface area contributed by atoms with Gasteiger partial charge < -0.3 is 15.4 Å². The van der Waals surface area contributed by atoms with Crippen LogP contribution >= 0.6 is 22.9 Å². The molecule has 0 unspecified atom stereocenters. The Labute approximate surface area is 192 Å². The average molecular weight is 465 g/mol. The molecule has 0 bridgehead atoms. The molecule has 1 fully saturated rings. The average Bonchev–Trinajstić information content (AvgIpc) is 3.11. The fourth-order valence-corrected chi connectivity index (χ4v) is 4.45. The summed E-state index contributed by atoms with van der Waals surface area (Å²) in [5.41, 5.74) is 1.36. The summed E-state index contributed by atoms with van der Waals surface area (Å²) in [7, 11) is 0. The van der Waals surface area contributed by atoms with E-state index in [1.807, 2.05) is 19.2 Å². The van der Waals surface area contributed by atoms with E-state index in [1.54, 1.807) is 24.3 Å². The molecule has 7 nitrogen and oxygen atoms in total. The molecule has 168 valence electrons. The highest BCUT2D eigenvalue weighted by atomic mass is 35.5. The summed E-state index contributed by atoms with van der Waals surface area (Å²) < 4.78 is 5.77. The Kier molecular flexibility index (Phi) is 8.05. The Morgan fingerprint density at radius 2 is 1.87 bits per heavy atom. The Balaban J connectivity index is 1.59. The molecule has 3 rings (SSSR count). The van der Waals surface area contributed by atoms with Crippen LogP contribution in [0.5, 0.6) is 0 Å². The summed E-state index contributed by atoms with van der Waals surface area (Å²) in [6.07, 6.45) is 0.384. The van der Waals surface area contributed by atoms with Crippen LogP contribution in [0.15, 0.2) is 29.6 Å². The first-order valence-electron chi connectivity index (χ1n) is 10.4. The quantitative estimate of drug-likeness (QED) is 0.651. The van der Waals surface area contributed by atoms with E-state index in [0.29, 0.717) is 22.3 Å². The molecule has 0 radical (unpaired) electrons. The zero-order valence-electron chi connectivity index (χ0n) is 18.2. The van der Waals surface area contributed by atoms with E-state index in [2.05, 4.69) is 34.4 Å². The lowest BCUT2D eigenvalue weighted by molar-refractivity contribution is -0.118. The minimum Gasteiger partial charge on any atom is -0.373 e. The number of hydrogen-bond donors (Lipinski definition) is 2. The number of hydrogen-bond acceptors (Lipinski definition) is 6. The molecule has 0 saturated carbocycles. The first-order chi connectivity index (χ1) is 14.7. The molecule has 31 heavy (non-hydrogen) atoms. The zero-order chi connectivity index (χ0) is 22.5. The van der Waals surface area contributed by atoms with Gasteiger partial charge in [0.25, 0.3) is 5.91 Å². The Bertz CT molecular complexity index is 892. The Morgan fingerprint density at radius 3 is 2.48 bits per heavy atom. The van der Waals surface area contributed by atoms with Gasteiger partial charge in [-0.1, -0.05) is 25.4 Å². The molecule has 1 aliphatic heterocycles. The fourth-order valence-electron chi connectivity index (χ4n) is 3.62. The number of amides is 2. The van der Waals surface area contributed by atoms with Gasteiger partial charge in [-0.05, 0) is 44.0 Å². The molecular formula is C22H29ClN4O3S. The third-order valence-corrected chi connectivity index (χ3v) is 6.06.